The fraction of sp³-hybridized carbons (Fsp3) is 0.182. The maximum absolute atomic E-state index is 11.0. The van der Waals surface area contributed by atoms with Crippen LogP contribution in [0.2, 0.25) is 5.02 Å². The Morgan fingerprint density at radius 2 is 2.11 bits per heavy atom. The maximum atomic E-state index is 11.0. The molecule has 2 aromatic rings. The van der Waals surface area contributed by atoms with Crippen molar-refractivity contribution in [3.63, 3.8) is 0 Å². The molecular weight excluding hydrogens is 258 g/mol. The number of rotatable bonds is 3. The van der Waals surface area contributed by atoms with E-state index in [2.05, 4.69) is 5.10 Å². The van der Waals surface area contributed by atoms with Crippen LogP contribution in [-0.4, -0.2) is 14.7 Å². The molecule has 0 aliphatic carbocycles. The minimum Gasteiger partial charge on any atom is -0.432 e. The smallest absolute Gasteiger partial charge is 0.353 e. The molecule has 0 amide bonds. The van der Waals surface area contributed by atoms with Crippen LogP contribution in [0.1, 0.15) is 5.69 Å². The second kappa shape index (κ2) is 4.66. The summed E-state index contributed by atoms with van der Waals surface area (Å²) < 4.78 is 6.80. The third kappa shape index (κ3) is 2.14. The van der Waals surface area contributed by atoms with Gasteiger partial charge in [-0.1, -0.05) is 23.7 Å². The van der Waals surface area contributed by atoms with Crippen molar-refractivity contribution in [1.29, 1.82) is 0 Å². The van der Waals surface area contributed by atoms with Crippen LogP contribution in [0.4, 0.5) is 5.69 Å². The molecule has 0 aliphatic rings. The fourth-order valence-corrected chi connectivity index (χ4v) is 1.76. The summed E-state index contributed by atoms with van der Waals surface area (Å²) in [7, 11) is 1.58. The van der Waals surface area contributed by atoms with Gasteiger partial charge in [0, 0.05) is 7.05 Å². The van der Waals surface area contributed by atoms with E-state index in [4.69, 9.17) is 16.3 Å². The Bertz CT molecular complexity index is 610. The molecule has 0 saturated carbocycles. The van der Waals surface area contributed by atoms with Crippen molar-refractivity contribution in [3.8, 4) is 11.6 Å². The van der Waals surface area contributed by atoms with Gasteiger partial charge in [0.05, 0.1) is 9.95 Å². The van der Waals surface area contributed by atoms with Crippen LogP contribution < -0.4 is 4.74 Å². The Morgan fingerprint density at radius 1 is 1.44 bits per heavy atom. The van der Waals surface area contributed by atoms with Gasteiger partial charge in [-0.25, -0.2) is 4.68 Å². The first-order valence-electron chi connectivity index (χ1n) is 5.11. The Kier molecular flexibility index (Phi) is 3.20. The van der Waals surface area contributed by atoms with Crippen LogP contribution in [0.15, 0.2) is 24.3 Å². The number of aromatic nitrogens is 2. The zero-order chi connectivity index (χ0) is 13.3. The number of hydrogen-bond acceptors (Lipinski definition) is 4. The van der Waals surface area contributed by atoms with Crippen molar-refractivity contribution < 1.29 is 9.66 Å². The SMILES string of the molecule is Cc1nn(C)c(Oc2ccccc2Cl)c1[N+](=O)[O-]. The largest absolute Gasteiger partial charge is 0.432 e. The molecule has 94 valence electrons. The van der Waals surface area contributed by atoms with Gasteiger partial charge in [-0.05, 0) is 19.1 Å². The van der Waals surface area contributed by atoms with E-state index in [1.807, 2.05) is 0 Å². The van der Waals surface area contributed by atoms with Gasteiger partial charge in [0.1, 0.15) is 11.4 Å². The number of aryl methyl sites for hydroxylation is 2. The van der Waals surface area contributed by atoms with E-state index in [1.54, 1.807) is 38.2 Å². The van der Waals surface area contributed by atoms with Gasteiger partial charge in [-0.2, -0.15) is 5.10 Å². The topological polar surface area (TPSA) is 70.2 Å². The summed E-state index contributed by atoms with van der Waals surface area (Å²) in [6, 6.07) is 6.76. The summed E-state index contributed by atoms with van der Waals surface area (Å²) >= 11 is 5.94. The quantitative estimate of drug-likeness (QED) is 0.633. The lowest BCUT2D eigenvalue weighted by molar-refractivity contribution is -0.386. The average molecular weight is 268 g/mol. The van der Waals surface area contributed by atoms with E-state index in [0.717, 1.165) is 0 Å². The molecule has 0 bridgehead atoms. The number of nitro groups is 1. The summed E-state index contributed by atoms with van der Waals surface area (Å²) in [6.45, 7) is 1.55. The molecule has 0 saturated heterocycles. The number of hydrogen-bond donors (Lipinski definition) is 0. The highest BCUT2D eigenvalue weighted by molar-refractivity contribution is 6.32. The van der Waals surface area contributed by atoms with Crippen molar-refractivity contribution in [2.45, 2.75) is 6.92 Å². The Balaban J connectivity index is 2.47. The zero-order valence-electron chi connectivity index (χ0n) is 9.75. The van der Waals surface area contributed by atoms with Gasteiger partial charge in [0.2, 0.25) is 0 Å². The normalized spacial score (nSPS) is 10.4. The minimum atomic E-state index is -0.519. The maximum Gasteiger partial charge on any atom is 0.353 e. The standard InChI is InChI=1S/C11H10ClN3O3/c1-7-10(15(16)17)11(14(2)13-7)18-9-6-4-3-5-8(9)12/h3-6H,1-2H3. The van der Waals surface area contributed by atoms with Crippen molar-refractivity contribution in [2.75, 3.05) is 0 Å². The second-order valence-electron chi connectivity index (χ2n) is 3.65. The molecule has 1 aromatic carbocycles. The molecule has 0 aliphatic heterocycles. The molecule has 0 N–H and O–H groups in total. The lowest BCUT2D eigenvalue weighted by atomic mass is 10.3. The van der Waals surface area contributed by atoms with Gasteiger partial charge >= 0.3 is 5.69 Å². The molecule has 6 nitrogen and oxygen atoms in total. The molecule has 0 fully saturated rings. The number of benzene rings is 1. The summed E-state index contributed by atoms with van der Waals surface area (Å²) in [5, 5.41) is 15.3. The van der Waals surface area contributed by atoms with Crippen LogP contribution in [0.25, 0.3) is 0 Å². The first kappa shape index (κ1) is 12.4. The molecule has 1 heterocycles. The van der Waals surface area contributed by atoms with Gasteiger partial charge < -0.3 is 4.74 Å². The molecule has 0 spiro atoms. The second-order valence-corrected chi connectivity index (χ2v) is 4.06. The molecule has 18 heavy (non-hydrogen) atoms. The summed E-state index contributed by atoms with van der Waals surface area (Å²) in [6.07, 6.45) is 0. The lowest BCUT2D eigenvalue weighted by Crippen LogP contribution is -1.97. The molecule has 0 atom stereocenters. The first-order valence-corrected chi connectivity index (χ1v) is 5.49. The third-order valence-corrected chi connectivity index (χ3v) is 2.68. The number of nitrogens with zero attached hydrogens (tertiary/aromatic N) is 3. The van der Waals surface area contributed by atoms with E-state index < -0.39 is 4.92 Å². The predicted octanol–water partition coefficient (Wildman–Crippen LogP) is 3.08. The Morgan fingerprint density at radius 3 is 2.72 bits per heavy atom. The number of para-hydroxylation sites is 1. The average Bonchev–Trinajstić information content (AvgIpc) is 2.57. The van der Waals surface area contributed by atoms with Crippen LogP contribution in [0.5, 0.6) is 11.6 Å². The molecule has 0 radical (unpaired) electrons. The minimum absolute atomic E-state index is 0.0607. The number of halogens is 1. The summed E-state index contributed by atoms with van der Waals surface area (Å²) in [5.74, 6) is 0.413. The van der Waals surface area contributed by atoms with Gasteiger partial charge in [-0.3, -0.25) is 10.1 Å². The highest BCUT2D eigenvalue weighted by Crippen LogP contribution is 2.35. The molecule has 7 heteroatoms. The van der Waals surface area contributed by atoms with Gasteiger partial charge in [-0.15, -0.1) is 0 Å². The van der Waals surface area contributed by atoms with E-state index in [1.165, 1.54) is 4.68 Å². The van der Waals surface area contributed by atoms with Crippen molar-refractivity contribution in [1.82, 2.24) is 9.78 Å². The van der Waals surface area contributed by atoms with Crippen LogP contribution in [-0.2, 0) is 7.05 Å². The third-order valence-electron chi connectivity index (χ3n) is 2.37. The molecular formula is C11H10ClN3O3. The van der Waals surface area contributed by atoms with Crippen molar-refractivity contribution in [3.05, 3.63) is 45.1 Å². The van der Waals surface area contributed by atoms with Crippen LogP contribution >= 0.6 is 11.6 Å². The van der Waals surface area contributed by atoms with Crippen molar-refractivity contribution in [2.24, 2.45) is 7.05 Å². The van der Waals surface area contributed by atoms with E-state index in [0.29, 0.717) is 16.5 Å². The van der Waals surface area contributed by atoms with E-state index >= 15 is 0 Å². The monoisotopic (exact) mass is 267 g/mol. The number of ether oxygens (including phenoxy) is 1. The van der Waals surface area contributed by atoms with E-state index in [-0.39, 0.29) is 11.6 Å². The Labute approximate surface area is 108 Å². The summed E-state index contributed by atoms with van der Waals surface area (Å²) in [4.78, 5) is 10.5. The molecule has 2 rings (SSSR count). The van der Waals surface area contributed by atoms with E-state index in [9.17, 15) is 10.1 Å². The Hall–Kier alpha value is -2.08. The van der Waals surface area contributed by atoms with Gasteiger partial charge in [0.25, 0.3) is 5.88 Å². The predicted molar refractivity (Wildman–Crippen MR) is 66.1 cm³/mol. The highest BCUT2D eigenvalue weighted by Gasteiger charge is 2.26. The van der Waals surface area contributed by atoms with Crippen LogP contribution in [0, 0.1) is 17.0 Å². The lowest BCUT2D eigenvalue weighted by Gasteiger charge is -2.06. The van der Waals surface area contributed by atoms with Crippen LogP contribution in [0.3, 0.4) is 0 Å². The highest BCUT2D eigenvalue weighted by atomic mass is 35.5. The van der Waals surface area contributed by atoms with Gasteiger partial charge in [0.15, 0.2) is 0 Å². The summed E-state index contributed by atoms with van der Waals surface area (Å²) in [5.41, 5.74) is 0.141. The molecule has 1 aromatic heterocycles. The zero-order valence-corrected chi connectivity index (χ0v) is 10.5. The fourth-order valence-electron chi connectivity index (χ4n) is 1.58. The first-order chi connectivity index (χ1) is 8.50. The molecule has 0 unspecified atom stereocenters. The van der Waals surface area contributed by atoms with Crippen molar-refractivity contribution >= 4 is 17.3 Å².